The van der Waals surface area contributed by atoms with Gasteiger partial charge in [-0.1, -0.05) is 0 Å². The van der Waals surface area contributed by atoms with Crippen molar-refractivity contribution < 1.29 is 0 Å². The SMILES string of the molecule is CN(c1ccncn1)C1CN(c2ccc3nncn3n2)C1. The van der Waals surface area contributed by atoms with Gasteiger partial charge in [-0.3, -0.25) is 0 Å². The summed E-state index contributed by atoms with van der Waals surface area (Å²) in [6.45, 7) is 1.84. The van der Waals surface area contributed by atoms with Crippen LogP contribution in [0.2, 0.25) is 0 Å². The van der Waals surface area contributed by atoms with Crippen LogP contribution in [0, 0.1) is 0 Å². The van der Waals surface area contributed by atoms with Crippen molar-refractivity contribution in [2.45, 2.75) is 6.04 Å². The summed E-state index contributed by atoms with van der Waals surface area (Å²) in [7, 11) is 2.06. The number of rotatable bonds is 3. The van der Waals surface area contributed by atoms with Gasteiger partial charge in [0.05, 0.1) is 6.04 Å². The van der Waals surface area contributed by atoms with Crippen LogP contribution < -0.4 is 9.80 Å². The molecule has 0 atom stereocenters. The molecule has 1 saturated heterocycles. The van der Waals surface area contributed by atoms with Gasteiger partial charge in [0.2, 0.25) is 0 Å². The fourth-order valence-corrected chi connectivity index (χ4v) is 2.45. The van der Waals surface area contributed by atoms with Gasteiger partial charge in [-0.2, -0.15) is 4.52 Å². The summed E-state index contributed by atoms with van der Waals surface area (Å²) >= 11 is 0. The summed E-state index contributed by atoms with van der Waals surface area (Å²) in [6.07, 6.45) is 4.95. The predicted octanol–water partition coefficient (Wildman–Crippen LogP) is 0.239. The molecule has 0 radical (unpaired) electrons. The third kappa shape index (κ3) is 2.04. The number of fused-ring (bicyclic) bond motifs is 1. The molecule has 3 aromatic heterocycles. The standard InChI is InChI=1S/C13H14N8/c1-19(11-4-5-14-8-15-11)10-6-20(7-10)13-3-2-12-17-16-9-21(12)18-13/h2-5,8-10H,6-7H2,1H3. The van der Waals surface area contributed by atoms with E-state index in [1.807, 2.05) is 18.2 Å². The maximum atomic E-state index is 4.50. The van der Waals surface area contributed by atoms with Gasteiger partial charge in [0.15, 0.2) is 5.65 Å². The van der Waals surface area contributed by atoms with E-state index in [-0.39, 0.29) is 0 Å². The van der Waals surface area contributed by atoms with Crippen molar-refractivity contribution in [3.63, 3.8) is 0 Å². The third-order valence-electron chi connectivity index (χ3n) is 3.81. The lowest BCUT2D eigenvalue weighted by Gasteiger charge is -2.44. The average molecular weight is 282 g/mol. The van der Waals surface area contributed by atoms with Gasteiger partial charge in [0.25, 0.3) is 0 Å². The molecule has 0 unspecified atom stereocenters. The maximum absolute atomic E-state index is 4.50. The van der Waals surface area contributed by atoms with E-state index < -0.39 is 0 Å². The summed E-state index contributed by atoms with van der Waals surface area (Å²) in [5.41, 5.74) is 0.758. The molecule has 0 amide bonds. The molecule has 0 N–H and O–H groups in total. The lowest BCUT2D eigenvalue weighted by Crippen LogP contribution is -2.59. The van der Waals surface area contributed by atoms with Crippen LogP contribution in [0.1, 0.15) is 0 Å². The zero-order chi connectivity index (χ0) is 14.2. The highest BCUT2D eigenvalue weighted by Crippen LogP contribution is 2.23. The highest BCUT2D eigenvalue weighted by Gasteiger charge is 2.31. The van der Waals surface area contributed by atoms with Crippen molar-refractivity contribution >= 4 is 17.3 Å². The summed E-state index contributed by atoms with van der Waals surface area (Å²) in [4.78, 5) is 12.6. The third-order valence-corrected chi connectivity index (χ3v) is 3.81. The molecule has 0 bridgehead atoms. The second kappa shape index (κ2) is 4.65. The summed E-state index contributed by atoms with van der Waals surface area (Å²) < 4.78 is 1.69. The van der Waals surface area contributed by atoms with Gasteiger partial charge in [0.1, 0.15) is 24.3 Å². The first-order valence-corrected chi connectivity index (χ1v) is 6.72. The van der Waals surface area contributed by atoms with E-state index in [4.69, 9.17) is 0 Å². The van der Waals surface area contributed by atoms with E-state index in [1.54, 1.807) is 23.4 Å². The lowest BCUT2D eigenvalue weighted by molar-refractivity contribution is 0.487. The number of anilines is 2. The van der Waals surface area contributed by atoms with Crippen LogP contribution in [0.15, 0.2) is 37.1 Å². The molecule has 21 heavy (non-hydrogen) atoms. The minimum Gasteiger partial charge on any atom is -0.353 e. The van der Waals surface area contributed by atoms with Crippen molar-refractivity contribution in [1.29, 1.82) is 0 Å². The van der Waals surface area contributed by atoms with Gasteiger partial charge in [0, 0.05) is 26.3 Å². The van der Waals surface area contributed by atoms with Crippen LogP contribution in [0.25, 0.3) is 5.65 Å². The smallest absolute Gasteiger partial charge is 0.177 e. The molecule has 0 saturated carbocycles. The summed E-state index contributed by atoms with van der Waals surface area (Å²) in [6, 6.07) is 6.25. The van der Waals surface area contributed by atoms with Crippen molar-refractivity contribution in [2.75, 3.05) is 29.9 Å². The van der Waals surface area contributed by atoms with E-state index in [2.05, 4.69) is 42.1 Å². The highest BCUT2D eigenvalue weighted by molar-refractivity contribution is 5.50. The van der Waals surface area contributed by atoms with Crippen molar-refractivity contribution in [3.8, 4) is 0 Å². The predicted molar refractivity (Wildman–Crippen MR) is 77.2 cm³/mol. The van der Waals surface area contributed by atoms with Gasteiger partial charge < -0.3 is 9.80 Å². The molecule has 4 heterocycles. The fourth-order valence-electron chi connectivity index (χ4n) is 2.45. The number of nitrogens with zero attached hydrogens (tertiary/aromatic N) is 8. The number of hydrogen-bond acceptors (Lipinski definition) is 7. The Morgan fingerprint density at radius 2 is 2.14 bits per heavy atom. The van der Waals surface area contributed by atoms with Crippen molar-refractivity contribution in [3.05, 3.63) is 37.1 Å². The van der Waals surface area contributed by atoms with Gasteiger partial charge in [-0.15, -0.1) is 15.3 Å². The van der Waals surface area contributed by atoms with Gasteiger partial charge >= 0.3 is 0 Å². The summed E-state index contributed by atoms with van der Waals surface area (Å²) in [5, 5.41) is 12.3. The number of aromatic nitrogens is 6. The molecule has 0 aromatic carbocycles. The second-order valence-corrected chi connectivity index (χ2v) is 5.06. The Morgan fingerprint density at radius 1 is 1.24 bits per heavy atom. The first kappa shape index (κ1) is 12.0. The topological polar surface area (TPSA) is 75.3 Å². The first-order chi connectivity index (χ1) is 10.3. The molecule has 8 nitrogen and oxygen atoms in total. The van der Waals surface area contributed by atoms with E-state index in [9.17, 15) is 0 Å². The van der Waals surface area contributed by atoms with E-state index >= 15 is 0 Å². The zero-order valence-electron chi connectivity index (χ0n) is 11.5. The molecule has 1 aliphatic rings. The summed E-state index contributed by atoms with van der Waals surface area (Å²) in [5.74, 6) is 1.88. The Bertz CT molecular complexity index is 749. The Labute approximate surface area is 121 Å². The minimum atomic E-state index is 0.429. The Kier molecular flexibility index (Phi) is 2.66. The van der Waals surface area contributed by atoms with Crippen LogP contribution in [0.4, 0.5) is 11.6 Å². The Balaban J connectivity index is 1.47. The van der Waals surface area contributed by atoms with Crippen molar-refractivity contribution in [1.82, 2.24) is 29.8 Å². The van der Waals surface area contributed by atoms with Crippen LogP contribution in [-0.2, 0) is 0 Å². The van der Waals surface area contributed by atoms with E-state index in [0.29, 0.717) is 6.04 Å². The van der Waals surface area contributed by atoms with Gasteiger partial charge in [-0.25, -0.2) is 9.97 Å². The van der Waals surface area contributed by atoms with Crippen LogP contribution in [-0.4, -0.2) is 56.0 Å². The highest BCUT2D eigenvalue weighted by atomic mass is 15.4. The molecule has 1 fully saturated rings. The van der Waals surface area contributed by atoms with E-state index in [1.165, 1.54) is 0 Å². The molecular weight excluding hydrogens is 268 g/mol. The number of likely N-dealkylation sites (N-methyl/N-ethyl adjacent to an activating group) is 1. The Hall–Kier alpha value is -2.77. The molecule has 0 aliphatic carbocycles. The molecule has 106 valence electrons. The van der Waals surface area contributed by atoms with Crippen LogP contribution >= 0.6 is 0 Å². The number of hydrogen-bond donors (Lipinski definition) is 0. The quantitative estimate of drug-likeness (QED) is 0.681. The zero-order valence-corrected chi connectivity index (χ0v) is 11.5. The monoisotopic (exact) mass is 282 g/mol. The normalized spacial score (nSPS) is 15.2. The first-order valence-electron chi connectivity index (χ1n) is 6.72. The Morgan fingerprint density at radius 3 is 2.95 bits per heavy atom. The minimum absolute atomic E-state index is 0.429. The fraction of sp³-hybridized carbons (Fsp3) is 0.308. The molecule has 0 spiro atoms. The van der Waals surface area contributed by atoms with E-state index in [0.717, 1.165) is 30.4 Å². The molecule has 3 aromatic rings. The van der Waals surface area contributed by atoms with Crippen molar-refractivity contribution in [2.24, 2.45) is 0 Å². The molecule has 1 aliphatic heterocycles. The van der Waals surface area contributed by atoms with Gasteiger partial charge in [-0.05, 0) is 18.2 Å². The van der Waals surface area contributed by atoms with Crippen LogP contribution in [0.5, 0.6) is 0 Å². The lowest BCUT2D eigenvalue weighted by atomic mass is 10.1. The van der Waals surface area contributed by atoms with Crippen LogP contribution in [0.3, 0.4) is 0 Å². The second-order valence-electron chi connectivity index (χ2n) is 5.06. The molecule has 4 rings (SSSR count). The largest absolute Gasteiger partial charge is 0.353 e. The molecular formula is C13H14N8. The average Bonchev–Trinajstić information content (AvgIpc) is 2.94. The maximum Gasteiger partial charge on any atom is 0.177 e. The molecule has 8 heteroatoms.